The lowest BCUT2D eigenvalue weighted by molar-refractivity contribution is -0.213. The monoisotopic (exact) mass is 516 g/mol. The Morgan fingerprint density at radius 3 is 2.53 bits per heavy atom. The quantitative estimate of drug-likeness (QED) is 0.379. The van der Waals surface area contributed by atoms with Gasteiger partial charge in [-0.25, -0.2) is 0 Å². The first-order chi connectivity index (χ1) is 17.7. The van der Waals surface area contributed by atoms with Gasteiger partial charge in [-0.2, -0.15) is 0 Å². The van der Waals surface area contributed by atoms with Crippen LogP contribution in [0.1, 0.15) is 107 Å². The first-order valence-electron chi connectivity index (χ1n) is 14.6. The summed E-state index contributed by atoms with van der Waals surface area (Å²) in [4.78, 5) is 0. The number of hydrogen-bond donors (Lipinski definition) is 1. The molecule has 36 heavy (non-hydrogen) atoms. The maximum absolute atomic E-state index is 9.58. The van der Waals surface area contributed by atoms with E-state index in [1.807, 2.05) is 0 Å². The van der Waals surface area contributed by atoms with Gasteiger partial charge in [0.05, 0.1) is 12.7 Å². The van der Waals surface area contributed by atoms with Crippen molar-refractivity contribution >= 4 is 12.0 Å². The molecule has 0 aromatic heterocycles. The highest BCUT2D eigenvalue weighted by Gasteiger charge is 2.56. The summed E-state index contributed by atoms with van der Waals surface area (Å²) in [7, 11) is 0. The Labute approximate surface area is 221 Å². The van der Waals surface area contributed by atoms with E-state index in [2.05, 4.69) is 25.1 Å². The van der Waals surface area contributed by atoms with Gasteiger partial charge in [0.1, 0.15) is 5.75 Å². The summed E-state index contributed by atoms with van der Waals surface area (Å²) in [5.74, 6) is 4.23. The molecule has 2 heterocycles. The smallest absolute Gasteiger partial charge is 0.199 e. The van der Waals surface area contributed by atoms with Crippen LogP contribution in [0.4, 0.5) is 0 Å². The fourth-order valence-electron chi connectivity index (χ4n) is 8.38. The van der Waals surface area contributed by atoms with E-state index >= 15 is 0 Å². The first-order valence-corrected chi connectivity index (χ1v) is 15.6. The molecular formula is C30H44O5S. The van der Waals surface area contributed by atoms with Gasteiger partial charge in [0, 0.05) is 18.8 Å². The second-order valence-corrected chi connectivity index (χ2v) is 12.8. The van der Waals surface area contributed by atoms with Gasteiger partial charge in [-0.3, -0.25) is 0 Å². The first kappa shape index (κ1) is 25.5. The van der Waals surface area contributed by atoms with Crippen molar-refractivity contribution in [2.75, 3.05) is 19.0 Å². The third-order valence-electron chi connectivity index (χ3n) is 10.2. The van der Waals surface area contributed by atoms with Crippen LogP contribution in [0.2, 0.25) is 0 Å². The average molecular weight is 517 g/mol. The summed E-state index contributed by atoms with van der Waals surface area (Å²) in [6.07, 6.45) is 14.1. The zero-order valence-electron chi connectivity index (χ0n) is 21.9. The molecule has 1 N–H and O–H groups in total. The molecule has 5 aliphatic rings. The summed E-state index contributed by atoms with van der Waals surface area (Å²) in [5, 5.41) is 0. The standard InChI is InChI=1S/C30H44O5S/c1-30-14-12-23-22-9-8-21(34-28-6-2-4-15-32-28)19-24(22)20(13-17-36-31)18-25(23)26(30)10-11-27(30)35-29-7-3-5-16-33-29/h8-9,19-20,23,25-29,31H,2-7,10-18H2,1H3/t20?,23?,25?,26?,27?,28?,29?,30-/m0/s1. The van der Waals surface area contributed by atoms with E-state index in [1.165, 1.54) is 62.5 Å². The SMILES string of the molecule is C[C@]12CCC3c4ccc(OC5CCCCO5)cc4C(CCSO)CC3C1CCC2OC1CCCCO1. The molecule has 1 aromatic carbocycles. The van der Waals surface area contributed by atoms with Crippen LogP contribution in [0, 0.1) is 17.3 Å². The van der Waals surface area contributed by atoms with E-state index in [4.69, 9.17) is 18.9 Å². The molecule has 200 valence electrons. The van der Waals surface area contributed by atoms with Crippen LogP contribution in [0.15, 0.2) is 18.2 Å². The minimum Gasteiger partial charge on any atom is -0.465 e. The Hall–Kier alpha value is -0.790. The van der Waals surface area contributed by atoms with Crippen LogP contribution in [0.25, 0.3) is 0 Å². The van der Waals surface area contributed by atoms with Gasteiger partial charge in [0.15, 0.2) is 12.6 Å². The van der Waals surface area contributed by atoms with Gasteiger partial charge in [-0.1, -0.05) is 13.0 Å². The van der Waals surface area contributed by atoms with Crippen LogP contribution in [0.5, 0.6) is 5.75 Å². The summed E-state index contributed by atoms with van der Waals surface area (Å²) in [6.45, 7) is 4.17. The Morgan fingerprint density at radius 2 is 1.78 bits per heavy atom. The zero-order valence-corrected chi connectivity index (χ0v) is 22.7. The Morgan fingerprint density at radius 1 is 0.972 bits per heavy atom. The minimum atomic E-state index is -0.112. The molecule has 8 atom stereocenters. The molecule has 0 spiro atoms. The maximum atomic E-state index is 9.58. The summed E-state index contributed by atoms with van der Waals surface area (Å²) >= 11 is 0.985. The number of ether oxygens (including phenoxy) is 4. The Bertz CT molecular complexity index is 882. The lowest BCUT2D eigenvalue weighted by Crippen LogP contribution is -2.46. The van der Waals surface area contributed by atoms with Crippen molar-refractivity contribution in [3.8, 4) is 5.75 Å². The summed E-state index contributed by atoms with van der Waals surface area (Å²) in [6, 6.07) is 6.86. The summed E-state index contributed by atoms with van der Waals surface area (Å²) < 4.78 is 34.3. The predicted molar refractivity (Wildman–Crippen MR) is 142 cm³/mol. The molecule has 0 radical (unpaired) electrons. The molecule has 2 aliphatic heterocycles. The third kappa shape index (κ3) is 4.98. The molecule has 6 rings (SSSR count). The van der Waals surface area contributed by atoms with Gasteiger partial charge in [-0.05, 0) is 135 Å². The van der Waals surface area contributed by atoms with E-state index in [0.717, 1.165) is 62.4 Å². The largest absolute Gasteiger partial charge is 0.465 e. The predicted octanol–water partition coefficient (Wildman–Crippen LogP) is 7.50. The highest BCUT2D eigenvalue weighted by Crippen LogP contribution is 2.63. The number of rotatable bonds is 7. The third-order valence-corrected chi connectivity index (χ3v) is 10.6. The van der Waals surface area contributed by atoms with E-state index in [9.17, 15) is 4.55 Å². The van der Waals surface area contributed by atoms with Crippen molar-refractivity contribution in [3.05, 3.63) is 29.3 Å². The Balaban J connectivity index is 1.22. The fraction of sp³-hybridized carbons (Fsp3) is 0.800. The number of hydrogen-bond acceptors (Lipinski definition) is 6. The van der Waals surface area contributed by atoms with Crippen LogP contribution in [-0.2, 0) is 14.2 Å². The molecule has 0 bridgehead atoms. The zero-order chi connectivity index (χ0) is 24.5. The van der Waals surface area contributed by atoms with Gasteiger partial charge in [0.2, 0.25) is 0 Å². The second kappa shape index (κ2) is 11.1. The second-order valence-electron chi connectivity index (χ2n) is 12.2. The van der Waals surface area contributed by atoms with Crippen molar-refractivity contribution in [3.63, 3.8) is 0 Å². The molecule has 1 aromatic rings. The van der Waals surface area contributed by atoms with E-state index in [0.29, 0.717) is 29.8 Å². The normalized spacial score (nSPS) is 40.2. The molecule has 2 saturated carbocycles. The van der Waals surface area contributed by atoms with Crippen molar-refractivity contribution in [1.82, 2.24) is 0 Å². The molecule has 7 unspecified atom stereocenters. The van der Waals surface area contributed by atoms with Crippen LogP contribution >= 0.6 is 12.0 Å². The van der Waals surface area contributed by atoms with Crippen molar-refractivity contribution in [2.24, 2.45) is 17.3 Å². The van der Waals surface area contributed by atoms with Gasteiger partial charge < -0.3 is 23.5 Å². The highest BCUT2D eigenvalue weighted by atomic mass is 32.2. The molecule has 3 aliphatic carbocycles. The molecule has 6 heteroatoms. The lowest BCUT2D eigenvalue weighted by atomic mass is 9.53. The van der Waals surface area contributed by atoms with Crippen molar-refractivity contribution in [2.45, 2.75) is 114 Å². The van der Waals surface area contributed by atoms with Crippen LogP contribution in [0.3, 0.4) is 0 Å². The Kier molecular flexibility index (Phi) is 7.88. The number of fused-ring (bicyclic) bond motifs is 5. The lowest BCUT2D eigenvalue weighted by Gasteiger charge is -2.52. The fourth-order valence-corrected chi connectivity index (χ4v) is 8.77. The van der Waals surface area contributed by atoms with Gasteiger partial charge in [-0.15, -0.1) is 0 Å². The van der Waals surface area contributed by atoms with E-state index < -0.39 is 0 Å². The number of benzene rings is 1. The molecule has 2 saturated heterocycles. The van der Waals surface area contributed by atoms with E-state index in [1.54, 1.807) is 0 Å². The van der Waals surface area contributed by atoms with Gasteiger partial charge >= 0.3 is 0 Å². The minimum absolute atomic E-state index is 0.00465. The van der Waals surface area contributed by atoms with Crippen LogP contribution < -0.4 is 4.74 Å². The van der Waals surface area contributed by atoms with Gasteiger partial charge in [0.25, 0.3) is 0 Å². The van der Waals surface area contributed by atoms with Crippen molar-refractivity contribution < 1.29 is 23.5 Å². The van der Waals surface area contributed by atoms with Crippen LogP contribution in [-0.4, -0.2) is 42.2 Å². The van der Waals surface area contributed by atoms with Crippen molar-refractivity contribution in [1.29, 1.82) is 0 Å². The summed E-state index contributed by atoms with van der Waals surface area (Å²) in [5.41, 5.74) is 3.25. The molecule has 4 fully saturated rings. The van der Waals surface area contributed by atoms with E-state index in [-0.39, 0.29) is 18.0 Å². The molecular weight excluding hydrogens is 472 g/mol. The molecule has 0 amide bonds. The maximum Gasteiger partial charge on any atom is 0.199 e. The molecule has 5 nitrogen and oxygen atoms in total. The topological polar surface area (TPSA) is 57.2 Å². The highest BCUT2D eigenvalue weighted by molar-refractivity contribution is 7.93. The average Bonchev–Trinajstić information content (AvgIpc) is 3.24.